The Labute approximate surface area is 157 Å². The Kier molecular flexibility index (Phi) is 6.17. The molecule has 3 aliphatic rings. The molecule has 146 valence electrons. The Morgan fingerprint density at radius 2 is 1.56 bits per heavy atom. The van der Waals surface area contributed by atoms with Crippen LogP contribution in [0, 0.1) is 16.7 Å². The fourth-order valence-corrected chi connectivity index (χ4v) is 5.54. The number of hydrogen-bond acceptors (Lipinski definition) is 3. The van der Waals surface area contributed by atoms with E-state index in [0.717, 1.165) is 5.92 Å². The largest absolute Gasteiger partial charge is 0.306 e. The second kappa shape index (κ2) is 7.86. The molecule has 0 atom stereocenters. The Hall–Kier alpha value is -0.120. The maximum atomic E-state index is 2.80. The van der Waals surface area contributed by atoms with E-state index in [1.165, 1.54) is 84.2 Å². The van der Waals surface area contributed by atoms with Crippen molar-refractivity contribution in [1.82, 2.24) is 14.7 Å². The standard InChI is InChI=1S/C22H43N3/c1-19(2)24(5)13-6-21(3)16-20(17-21)18-25-14-9-22(10-15-25)7-11-23(4)12-8-22/h19-20H,6-18H2,1-5H3. The van der Waals surface area contributed by atoms with Crippen molar-refractivity contribution in [2.75, 3.05) is 53.4 Å². The van der Waals surface area contributed by atoms with Gasteiger partial charge in [-0.15, -0.1) is 0 Å². The van der Waals surface area contributed by atoms with Crippen molar-refractivity contribution in [3.63, 3.8) is 0 Å². The molecule has 0 aromatic rings. The van der Waals surface area contributed by atoms with Crippen LogP contribution in [0.3, 0.4) is 0 Å². The number of nitrogens with zero attached hydrogens (tertiary/aromatic N) is 3. The van der Waals surface area contributed by atoms with Gasteiger partial charge in [0.2, 0.25) is 0 Å². The molecule has 0 radical (unpaired) electrons. The summed E-state index contributed by atoms with van der Waals surface area (Å²) in [5, 5.41) is 0. The summed E-state index contributed by atoms with van der Waals surface area (Å²) in [5.41, 5.74) is 1.33. The first-order valence-electron chi connectivity index (χ1n) is 10.9. The molecule has 3 nitrogen and oxygen atoms in total. The molecule has 25 heavy (non-hydrogen) atoms. The van der Waals surface area contributed by atoms with E-state index in [9.17, 15) is 0 Å². The summed E-state index contributed by atoms with van der Waals surface area (Å²) in [5.74, 6) is 0.973. The number of hydrogen-bond donors (Lipinski definition) is 0. The first kappa shape index (κ1) is 19.6. The lowest BCUT2D eigenvalue weighted by Crippen LogP contribution is -2.49. The van der Waals surface area contributed by atoms with Gasteiger partial charge in [-0.05, 0) is 122 Å². The minimum atomic E-state index is 0.624. The SMILES string of the molecule is CC(C)N(C)CCC1(C)CC(CN2CCC3(CCN(C)CC3)CC2)C1. The van der Waals surface area contributed by atoms with E-state index in [2.05, 4.69) is 49.6 Å². The quantitative estimate of drug-likeness (QED) is 0.719. The van der Waals surface area contributed by atoms with Gasteiger partial charge in [-0.3, -0.25) is 0 Å². The third-order valence-electron chi connectivity index (χ3n) is 7.99. The summed E-state index contributed by atoms with van der Waals surface area (Å²) in [7, 11) is 4.56. The molecule has 0 aromatic heterocycles. The Morgan fingerprint density at radius 1 is 1.00 bits per heavy atom. The molecule has 1 saturated carbocycles. The highest BCUT2D eigenvalue weighted by Gasteiger charge is 2.42. The molecule has 0 bridgehead atoms. The fraction of sp³-hybridized carbons (Fsp3) is 1.00. The molecule has 3 rings (SSSR count). The Balaban J connectivity index is 1.34. The summed E-state index contributed by atoms with van der Waals surface area (Å²) < 4.78 is 0. The molecule has 2 aliphatic heterocycles. The van der Waals surface area contributed by atoms with Crippen LogP contribution < -0.4 is 0 Å². The van der Waals surface area contributed by atoms with Gasteiger partial charge in [0.25, 0.3) is 0 Å². The zero-order valence-electron chi connectivity index (χ0n) is 17.7. The van der Waals surface area contributed by atoms with Gasteiger partial charge in [0.15, 0.2) is 0 Å². The van der Waals surface area contributed by atoms with Gasteiger partial charge in [-0.2, -0.15) is 0 Å². The zero-order chi connectivity index (χ0) is 18.1. The topological polar surface area (TPSA) is 9.72 Å². The van der Waals surface area contributed by atoms with Crippen LogP contribution in [0.2, 0.25) is 0 Å². The van der Waals surface area contributed by atoms with Crippen LogP contribution in [-0.2, 0) is 0 Å². The van der Waals surface area contributed by atoms with E-state index in [1.54, 1.807) is 0 Å². The lowest BCUT2D eigenvalue weighted by atomic mass is 9.61. The van der Waals surface area contributed by atoms with Gasteiger partial charge in [-0.1, -0.05) is 6.92 Å². The van der Waals surface area contributed by atoms with E-state index in [0.29, 0.717) is 16.9 Å². The highest BCUT2D eigenvalue weighted by atomic mass is 15.1. The molecule has 2 heterocycles. The molecular weight excluding hydrogens is 306 g/mol. The van der Waals surface area contributed by atoms with E-state index >= 15 is 0 Å². The summed E-state index contributed by atoms with van der Waals surface area (Å²) in [4.78, 5) is 7.82. The van der Waals surface area contributed by atoms with Crippen molar-refractivity contribution >= 4 is 0 Å². The van der Waals surface area contributed by atoms with Crippen molar-refractivity contribution in [3.05, 3.63) is 0 Å². The monoisotopic (exact) mass is 349 g/mol. The molecule has 2 saturated heterocycles. The van der Waals surface area contributed by atoms with Crippen molar-refractivity contribution in [2.45, 2.75) is 71.8 Å². The molecule has 3 fully saturated rings. The number of rotatable bonds is 6. The van der Waals surface area contributed by atoms with Crippen molar-refractivity contribution in [1.29, 1.82) is 0 Å². The number of likely N-dealkylation sites (tertiary alicyclic amines) is 2. The fourth-order valence-electron chi connectivity index (χ4n) is 5.54. The molecule has 0 unspecified atom stereocenters. The van der Waals surface area contributed by atoms with Crippen molar-refractivity contribution in [2.24, 2.45) is 16.7 Å². The van der Waals surface area contributed by atoms with Gasteiger partial charge in [0, 0.05) is 12.6 Å². The predicted octanol–water partition coefficient (Wildman–Crippen LogP) is 3.94. The average Bonchev–Trinajstić information content (AvgIpc) is 2.56. The summed E-state index contributed by atoms with van der Waals surface area (Å²) in [6.45, 7) is 15.2. The lowest BCUT2D eigenvalue weighted by molar-refractivity contribution is -0.00195. The van der Waals surface area contributed by atoms with E-state index < -0.39 is 0 Å². The maximum Gasteiger partial charge on any atom is 0.00355 e. The van der Waals surface area contributed by atoms with E-state index in [4.69, 9.17) is 0 Å². The molecular formula is C22H43N3. The maximum absolute atomic E-state index is 2.80. The Bertz CT molecular complexity index is 409. The minimum Gasteiger partial charge on any atom is -0.306 e. The first-order valence-corrected chi connectivity index (χ1v) is 10.9. The molecule has 1 spiro atoms. The van der Waals surface area contributed by atoms with Gasteiger partial charge < -0.3 is 14.7 Å². The molecule has 0 amide bonds. The van der Waals surface area contributed by atoms with Crippen LogP contribution in [-0.4, -0.2) is 74.1 Å². The van der Waals surface area contributed by atoms with Crippen LogP contribution >= 0.6 is 0 Å². The van der Waals surface area contributed by atoms with Crippen LogP contribution in [0.25, 0.3) is 0 Å². The highest BCUT2D eigenvalue weighted by molar-refractivity contribution is 4.95. The summed E-state index contributed by atoms with van der Waals surface area (Å²) >= 11 is 0. The molecule has 0 N–H and O–H groups in total. The van der Waals surface area contributed by atoms with Gasteiger partial charge >= 0.3 is 0 Å². The van der Waals surface area contributed by atoms with E-state index in [-0.39, 0.29) is 0 Å². The van der Waals surface area contributed by atoms with Crippen LogP contribution in [0.15, 0.2) is 0 Å². The molecule has 0 aromatic carbocycles. The Morgan fingerprint density at radius 3 is 2.12 bits per heavy atom. The normalized spacial score (nSPS) is 34.0. The summed E-state index contributed by atoms with van der Waals surface area (Å²) in [6.07, 6.45) is 10.1. The van der Waals surface area contributed by atoms with Crippen LogP contribution in [0.4, 0.5) is 0 Å². The van der Waals surface area contributed by atoms with Crippen LogP contribution in [0.1, 0.15) is 65.7 Å². The second-order valence-corrected chi connectivity index (χ2v) is 10.5. The third kappa shape index (κ3) is 4.99. The molecule has 1 aliphatic carbocycles. The van der Waals surface area contributed by atoms with Crippen molar-refractivity contribution in [3.8, 4) is 0 Å². The summed E-state index contributed by atoms with van der Waals surface area (Å²) in [6, 6.07) is 0.680. The van der Waals surface area contributed by atoms with Gasteiger partial charge in [0.1, 0.15) is 0 Å². The third-order valence-corrected chi connectivity index (χ3v) is 7.99. The lowest BCUT2D eigenvalue weighted by Gasteiger charge is -2.50. The van der Waals surface area contributed by atoms with Gasteiger partial charge in [0.05, 0.1) is 0 Å². The number of piperidine rings is 2. The van der Waals surface area contributed by atoms with Crippen LogP contribution in [0.5, 0.6) is 0 Å². The van der Waals surface area contributed by atoms with Gasteiger partial charge in [-0.25, -0.2) is 0 Å². The zero-order valence-corrected chi connectivity index (χ0v) is 17.7. The molecule has 3 heteroatoms. The van der Waals surface area contributed by atoms with Crippen molar-refractivity contribution < 1.29 is 0 Å². The highest BCUT2D eigenvalue weighted by Crippen LogP contribution is 2.49. The second-order valence-electron chi connectivity index (χ2n) is 10.5. The predicted molar refractivity (Wildman–Crippen MR) is 108 cm³/mol. The van der Waals surface area contributed by atoms with E-state index in [1.807, 2.05) is 0 Å². The minimum absolute atomic E-state index is 0.624. The smallest absolute Gasteiger partial charge is 0.00355 e. The first-order chi connectivity index (χ1) is 11.8. The average molecular weight is 350 g/mol.